The summed E-state index contributed by atoms with van der Waals surface area (Å²) in [4.78, 5) is 51.5. The molecule has 0 aromatic carbocycles. The van der Waals surface area contributed by atoms with E-state index in [9.17, 15) is 19.2 Å². The van der Waals surface area contributed by atoms with Gasteiger partial charge in [-0.3, -0.25) is 19.2 Å². The first kappa shape index (κ1) is 28.2. The number of aliphatic imine (C=N–C) groups is 1. The lowest BCUT2D eigenvalue weighted by Gasteiger charge is -2.45. The van der Waals surface area contributed by atoms with E-state index >= 15 is 0 Å². The van der Waals surface area contributed by atoms with Crippen molar-refractivity contribution >= 4 is 58.7 Å². The fraction of sp³-hybridized carbons (Fsp3) is 0.714. The average Bonchev–Trinajstić information content (AvgIpc) is 3.18. The van der Waals surface area contributed by atoms with Gasteiger partial charge in [-0.15, -0.1) is 11.8 Å². The lowest BCUT2D eigenvalue weighted by Crippen LogP contribution is -2.62. The Balaban J connectivity index is 1.93. The van der Waals surface area contributed by atoms with Gasteiger partial charge in [0.05, 0.1) is 18.4 Å². The van der Waals surface area contributed by atoms with E-state index in [1.807, 2.05) is 0 Å². The number of nitrogens with zero attached hydrogens (tertiary/aromatic N) is 1. The summed E-state index contributed by atoms with van der Waals surface area (Å²) in [5.41, 5.74) is 5.13. The molecule has 13 nitrogen and oxygen atoms in total. The number of ether oxygens (including phenoxy) is 7. The third-order valence-electron chi connectivity index (χ3n) is 5.32. The minimum atomic E-state index is -1.25. The van der Waals surface area contributed by atoms with Gasteiger partial charge in [0.25, 0.3) is 0 Å². The number of hydrogen-bond acceptors (Lipinski definition) is 13. The molecule has 0 radical (unpaired) electrons. The second-order valence-corrected chi connectivity index (χ2v) is 9.99. The average molecular weight is 549 g/mol. The number of esters is 4. The number of fused-ring (bicyclic) bond motifs is 2. The summed E-state index contributed by atoms with van der Waals surface area (Å²) in [6.45, 7) is 4.68. The molecule has 3 aliphatic heterocycles. The molecule has 3 rings (SSSR count). The van der Waals surface area contributed by atoms with Crippen LogP contribution in [0.4, 0.5) is 0 Å². The third kappa shape index (κ3) is 7.35. The smallest absolute Gasteiger partial charge is 0.303 e. The molecule has 2 bridgehead atoms. The van der Waals surface area contributed by atoms with Gasteiger partial charge in [0, 0.05) is 39.4 Å². The van der Waals surface area contributed by atoms with Crippen LogP contribution in [0.25, 0.3) is 0 Å². The van der Waals surface area contributed by atoms with Crippen LogP contribution in [0.3, 0.4) is 0 Å². The maximum atomic E-state index is 12.0. The maximum absolute atomic E-state index is 12.0. The molecule has 3 saturated heterocycles. The highest BCUT2D eigenvalue weighted by molar-refractivity contribution is 8.00. The SMILES string of the molecule is CC(=O)OC[C@H]1O[C@@H](S[C@@H]2CC(=NC(N)=S)[C@@H]3OC[C@H]2O3)[C@H](OC(C)=O)[C@@H](OC(C)=O)[C@H]1OC(C)=O. The first-order chi connectivity index (χ1) is 16.9. The van der Waals surface area contributed by atoms with Crippen molar-refractivity contribution in [3.8, 4) is 0 Å². The van der Waals surface area contributed by atoms with Gasteiger partial charge in [-0.05, 0) is 12.2 Å². The van der Waals surface area contributed by atoms with Crippen molar-refractivity contribution in [1.29, 1.82) is 0 Å². The highest BCUT2D eigenvalue weighted by Crippen LogP contribution is 2.41. The number of thioether (sulfide) groups is 1. The van der Waals surface area contributed by atoms with Crippen LogP contribution in [0.15, 0.2) is 4.99 Å². The Morgan fingerprint density at radius 1 is 0.972 bits per heavy atom. The lowest BCUT2D eigenvalue weighted by atomic mass is 9.99. The maximum Gasteiger partial charge on any atom is 0.303 e. The fourth-order valence-corrected chi connectivity index (χ4v) is 5.69. The van der Waals surface area contributed by atoms with Crippen molar-refractivity contribution in [3.05, 3.63) is 0 Å². The molecule has 0 amide bonds. The Hall–Kier alpha value is -2.33. The number of carbonyl (C=O) groups is 4. The predicted molar refractivity (Wildman–Crippen MR) is 127 cm³/mol. The Labute approximate surface area is 216 Å². The van der Waals surface area contributed by atoms with Gasteiger partial charge in [0.1, 0.15) is 18.1 Å². The number of carbonyl (C=O) groups excluding carboxylic acids is 4. The molecule has 3 fully saturated rings. The van der Waals surface area contributed by atoms with Gasteiger partial charge < -0.3 is 38.9 Å². The van der Waals surface area contributed by atoms with E-state index in [4.69, 9.17) is 51.1 Å². The molecule has 15 heteroatoms. The molecule has 3 heterocycles. The molecule has 0 aliphatic carbocycles. The summed E-state index contributed by atoms with van der Waals surface area (Å²) in [5, 5.41) is -0.379. The largest absolute Gasteiger partial charge is 0.463 e. The minimum Gasteiger partial charge on any atom is -0.463 e. The Kier molecular flexibility index (Phi) is 9.63. The highest BCUT2D eigenvalue weighted by atomic mass is 32.2. The molecule has 36 heavy (non-hydrogen) atoms. The normalized spacial score (nSPS) is 34.5. The monoisotopic (exact) mass is 548 g/mol. The van der Waals surface area contributed by atoms with Crippen LogP contribution >= 0.6 is 24.0 Å². The molecule has 0 aromatic heterocycles. The number of rotatable bonds is 7. The second kappa shape index (κ2) is 12.3. The number of thiocarbonyl (C=S) groups is 1. The van der Waals surface area contributed by atoms with E-state index in [0.717, 1.165) is 13.8 Å². The van der Waals surface area contributed by atoms with E-state index < -0.39 is 60.0 Å². The molecule has 0 saturated carbocycles. The first-order valence-corrected chi connectivity index (χ1v) is 12.4. The van der Waals surface area contributed by atoms with Gasteiger partial charge in [-0.25, -0.2) is 4.99 Å². The van der Waals surface area contributed by atoms with E-state index in [0.29, 0.717) is 12.1 Å². The predicted octanol–water partition coefficient (Wildman–Crippen LogP) is 0.00110. The summed E-state index contributed by atoms with van der Waals surface area (Å²) in [6, 6.07) is 0. The summed E-state index contributed by atoms with van der Waals surface area (Å²) in [6.07, 6.45) is -5.31. The lowest BCUT2D eigenvalue weighted by molar-refractivity contribution is -0.237. The van der Waals surface area contributed by atoms with Crippen LogP contribution in [0.1, 0.15) is 34.1 Å². The molecule has 200 valence electrons. The van der Waals surface area contributed by atoms with Crippen LogP contribution in [-0.4, -0.2) is 95.4 Å². The molecule has 2 N–H and O–H groups in total. The van der Waals surface area contributed by atoms with Crippen LogP contribution in [-0.2, 0) is 52.3 Å². The summed E-state index contributed by atoms with van der Waals surface area (Å²) in [5.74, 6) is -2.67. The van der Waals surface area contributed by atoms with Crippen molar-refractivity contribution in [3.63, 3.8) is 0 Å². The van der Waals surface area contributed by atoms with E-state index in [-0.39, 0.29) is 29.7 Å². The van der Waals surface area contributed by atoms with E-state index in [1.54, 1.807) is 0 Å². The molecule has 8 atom stereocenters. The molecule has 0 spiro atoms. The second-order valence-electron chi connectivity index (χ2n) is 8.23. The minimum absolute atomic E-state index is 0.0707. The van der Waals surface area contributed by atoms with E-state index in [1.165, 1.54) is 25.6 Å². The molecular weight excluding hydrogens is 520 g/mol. The van der Waals surface area contributed by atoms with Crippen molar-refractivity contribution in [1.82, 2.24) is 0 Å². The topological polar surface area (TPSA) is 171 Å². The standard InChI is InChI=1S/C21H28N2O11S2/c1-8(24)28-7-14-16(30-9(2)25)17(31-10(3)26)18(32-11(4)27)20(34-14)36-15-5-12(23-21(22)35)19-29-6-13(15)33-19/h13-20H,5-7H2,1-4H3,(H2,22,35)/t13-,14-,15-,16+,17+,18-,19-,20+/m1/s1. The van der Waals surface area contributed by atoms with Crippen molar-refractivity contribution < 1.29 is 52.3 Å². The van der Waals surface area contributed by atoms with Crippen molar-refractivity contribution in [2.24, 2.45) is 10.7 Å². The zero-order valence-electron chi connectivity index (χ0n) is 20.1. The van der Waals surface area contributed by atoms with Crippen molar-refractivity contribution in [2.45, 2.75) is 81.6 Å². The van der Waals surface area contributed by atoms with E-state index in [2.05, 4.69) is 4.99 Å². The summed E-state index contributed by atoms with van der Waals surface area (Å²) >= 11 is 6.11. The number of hydrogen-bond donors (Lipinski definition) is 1. The van der Waals surface area contributed by atoms with Gasteiger partial charge in [-0.1, -0.05) is 0 Å². The van der Waals surface area contributed by atoms with Crippen molar-refractivity contribution in [2.75, 3.05) is 13.2 Å². The van der Waals surface area contributed by atoms with Crippen LogP contribution in [0, 0.1) is 0 Å². The first-order valence-electron chi connectivity index (χ1n) is 11.0. The Morgan fingerprint density at radius 2 is 1.58 bits per heavy atom. The molecule has 0 aromatic rings. The molecule has 3 aliphatic rings. The zero-order valence-corrected chi connectivity index (χ0v) is 21.7. The highest BCUT2D eigenvalue weighted by Gasteiger charge is 2.54. The fourth-order valence-electron chi connectivity index (χ4n) is 4.07. The summed E-state index contributed by atoms with van der Waals surface area (Å²) < 4.78 is 39.1. The third-order valence-corrected chi connectivity index (χ3v) is 6.88. The Bertz CT molecular complexity index is 930. The van der Waals surface area contributed by atoms with Crippen LogP contribution in [0.2, 0.25) is 0 Å². The molecular formula is C21H28N2O11S2. The number of nitrogens with two attached hydrogens (primary N) is 1. The van der Waals surface area contributed by atoms with Gasteiger partial charge in [-0.2, -0.15) is 0 Å². The quantitative estimate of drug-likeness (QED) is 0.256. The molecule has 0 unspecified atom stereocenters. The zero-order chi connectivity index (χ0) is 26.6. The van der Waals surface area contributed by atoms with Gasteiger partial charge in [0.15, 0.2) is 29.7 Å². The van der Waals surface area contributed by atoms with Crippen LogP contribution in [0.5, 0.6) is 0 Å². The summed E-state index contributed by atoms with van der Waals surface area (Å²) in [7, 11) is 0. The van der Waals surface area contributed by atoms with Gasteiger partial charge in [0.2, 0.25) is 0 Å². The van der Waals surface area contributed by atoms with Gasteiger partial charge >= 0.3 is 23.9 Å². The van der Waals surface area contributed by atoms with Crippen LogP contribution < -0.4 is 5.73 Å². The Morgan fingerprint density at radius 3 is 2.17 bits per heavy atom.